The van der Waals surface area contributed by atoms with Crippen LogP contribution < -0.4 is 5.32 Å². The Morgan fingerprint density at radius 1 is 1.13 bits per heavy atom. The molecular weight excluding hydrogens is 284 g/mol. The number of benzene rings is 1. The van der Waals surface area contributed by atoms with Gasteiger partial charge in [-0.15, -0.1) is 0 Å². The quantitative estimate of drug-likeness (QED) is 0.806. The molecule has 1 aliphatic carbocycles. The van der Waals surface area contributed by atoms with Crippen LogP contribution >= 0.6 is 0 Å². The second kappa shape index (κ2) is 8.49. The first-order valence-electron chi connectivity index (χ1n) is 9.02. The van der Waals surface area contributed by atoms with Crippen molar-refractivity contribution in [1.29, 1.82) is 0 Å². The molecule has 0 heterocycles. The molecule has 1 amide bonds. The Hall–Kier alpha value is -1.35. The van der Waals surface area contributed by atoms with E-state index in [2.05, 4.69) is 43.4 Å². The van der Waals surface area contributed by atoms with Gasteiger partial charge in [-0.2, -0.15) is 0 Å². The van der Waals surface area contributed by atoms with E-state index in [4.69, 9.17) is 0 Å². The number of carbonyl (C=O) groups excluding carboxylic acids is 1. The second-order valence-corrected chi connectivity index (χ2v) is 7.33. The fourth-order valence-corrected chi connectivity index (χ4v) is 3.68. The van der Waals surface area contributed by atoms with Crippen molar-refractivity contribution in [2.45, 2.75) is 63.3 Å². The SMILES string of the molecule is CC(CC(=O)NCC1(N(C)C)CCCCCC1)c1ccccc1. The molecule has 0 saturated heterocycles. The Balaban J connectivity index is 1.89. The molecule has 1 N–H and O–H groups in total. The van der Waals surface area contributed by atoms with Crippen molar-refractivity contribution in [1.82, 2.24) is 10.2 Å². The van der Waals surface area contributed by atoms with E-state index in [0.29, 0.717) is 6.42 Å². The standard InChI is InChI=1S/C20H32N2O/c1-17(18-11-7-6-8-12-18)15-19(23)21-16-20(22(2)3)13-9-4-5-10-14-20/h6-8,11-12,17H,4-5,9-10,13-16H2,1-3H3,(H,21,23). The summed E-state index contributed by atoms with van der Waals surface area (Å²) in [4.78, 5) is 14.7. The molecule has 3 nitrogen and oxygen atoms in total. The van der Waals surface area contributed by atoms with E-state index in [1.807, 2.05) is 18.2 Å². The molecule has 1 unspecified atom stereocenters. The van der Waals surface area contributed by atoms with Gasteiger partial charge in [0.25, 0.3) is 0 Å². The lowest BCUT2D eigenvalue weighted by atomic mass is 9.88. The highest BCUT2D eigenvalue weighted by molar-refractivity contribution is 5.76. The van der Waals surface area contributed by atoms with Crippen molar-refractivity contribution in [2.75, 3.05) is 20.6 Å². The average molecular weight is 316 g/mol. The Labute approximate surface area is 141 Å². The Bertz CT molecular complexity index is 476. The molecule has 1 atom stereocenters. The van der Waals surface area contributed by atoms with Gasteiger partial charge in [0, 0.05) is 18.5 Å². The molecule has 128 valence electrons. The maximum atomic E-state index is 12.4. The first-order chi connectivity index (χ1) is 11.0. The van der Waals surface area contributed by atoms with Crippen LogP contribution in [-0.2, 0) is 4.79 Å². The second-order valence-electron chi connectivity index (χ2n) is 7.33. The van der Waals surface area contributed by atoms with Crippen LogP contribution in [0.5, 0.6) is 0 Å². The first kappa shape index (κ1) is 18.0. The number of amides is 1. The number of rotatable bonds is 6. The fraction of sp³-hybridized carbons (Fsp3) is 0.650. The summed E-state index contributed by atoms with van der Waals surface area (Å²) in [6, 6.07) is 10.3. The monoisotopic (exact) mass is 316 g/mol. The van der Waals surface area contributed by atoms with Crippen molar-refractivity contribution >= 4 is 5.91 Å². The third-order valence-corrected chi connectivity index (χ3v) is 5.46. The molecule has 1 saturated carbocycles. The number of likely N-dealkylation sites (N-methyl/N-ethyl adjacent to an activating group) is 1. The van der Waals surface area contributed by atoms with E-state index in [1.165, 1.54) is 44.1 Å². The van der Waals surface area contributed by atoms with Gasteiger partial charge in [-0.1, -0.05) is 62.9 Å². The molecule has 1 aromatic carbocycles. The van der Waals surface area contributed by atoms with Gasteiger partial charge in [0.05, 0.1) is 0 Å². The van der Waals surface area contributed by atoms with Crippen molar-refractivity contribution in [3.63, 3.8) is 0 Å². The summed E-state index contributed by atoms with van der Waals surface area (Å²) in [7, 11) is 4.31. The zero-order valence-electron chi connectivity index (χ0n) is 15.0. The predicted octanol–water partition coefficient (Wildman–Crippen LogP) is 3.95. The minimum atomic E-state index is 0.141. The molecule has 1 fully saturated rings. The minimum Gasteiger partial charge on any atom is -0.354 e. The van der Waals surface area contributed by atoms with Gasteiger partial charge in [-0.05, 0) is 38.4 Å². The summed E-state index contributed by atoms with van der Waals surface area (Å²) in [5.74, 6) is 0.437. The highest BCUT2D eigenvalue weighted by atomic mass is 16.1. The molecule has 1 aliphatic rings. The van der Waals surface area contributed by atoms with Crippen molar-refractivity contribution in [3.05, 3.63) is 35.9 Å². The molecule has 0 aliphatic heterocycles. The van der Waals surface area contributed by atoms with Gasteiger partial charge in [-0.25, -0.2) is 0 Å². The van der Waals surface area contributed by atoms with Gasteiger partial charge in [0.2, 0.25) is 5.91 Å². The molecule has 2 rings (SSSR count). The van der Waals surface area contributed by atoms with Crippen LogP contribution in [0.25, 0.3) is 0 Å². The van der Waals surface area contributed by atoms with E-state index in [-0.39, 0.29) is 17.4 Å². The summed E-state index contributed by atoms with van der Waals surface area (Å²) in [5, 5.41) is 3.22. The van der Waals surface area contributed by atoms with E-state index >= 15 is 0 Å². The van der Waals surface area contributed by atoms with Crippen molar-refractivity contribution in [2.24, 2.45) is 0 Å². The van der Waals surface area contributed by atoms with E-state index in [0.717, 1.165) is 6.54 Å². The van der Waals surface area contributed by atoms with Gasteiger partial charge in [-0.3, -0.25) is 4.79 Å². The van der Waals surface area contributed by atoms with Crippen LogP contribution in [0.4, 0.5) is 0 Å². The lowest BCUT2D eigenvalue weighted by Crippen LogP contribution is -2.52. The molecule has 0 aromatic heterocycles. The molecule has 0 radical (unpaired) electrons. The van der Waals surface area contributed by atoms with Crippen LogP contribution in [0.2, 0.25) is 0 Å². The zero-order valence-corrected chi connectivity index (χ0v) is 15.0. The fourth-order valence-electron chi connectivity index (χ4n) is 3.68. The number of hydrogen-bond acceptors (Lipinski definition) is 2. The van der Waals surface area contributed by atoms with Crippen LogP contribution in [0.1, 0.15) is 63.4 Å². The summed E-state index contributed by atoms with van der Waals surface area (Å²) in [6.07, 6.45) is 8.14. The minimum absolute atomic E-state index is 0.141. The smallest absolute Gasteiger partial charge is 0.220 e. The molecule has 3 heteroatoms. The molecule has 0 bridgehead atoms. The van der Waals surface area contributed by atoms with Crippen LogP contribution in [-0.4, -0.2) is 37.0 Å². The number of hydrogen-bond donors (Lipinski definition) is 1. The van der Waals surface area contributed by atoms with Gasteiger partial charge >= 0.3 is 0 Å². The Kier molecular flexibility index (Phi) is 6.64. The summed E-state index contributed by atoms with van der Waals surface area (Å²) in [6.45, 7) is 2.91. The Morgan fingerprint density at radius 2 is 1.74 bits per heavy atom. The number of nitrogens with one attached hydrogen (secondary N) is 1. The van der Waals surface area contributed by atoms with Crippen LogP contribution in [0.15, 0.2) is 30.3 Å². The van der Waals surface area contributed by atoms with Crippen LogP contribution in [0, 0.1) is 0 Å². The van der Waals surface area contributed by atoms with Gasteiger partial charge in [0.15, 0.2) is 0 Å². The largest absolute Gasteiger partial charge is 0.354 e. The lowest BCUT2D eigenvalue weighted by Gasteiger charge is -2.39. The highest BCUT2D eigenvalue weighted by Gasteiger charge is 2.33. The molecule has 0 spiro atoms. The Morgan fingerprint density at radius 3 is 2.30 bits per heavy atom. The first-order valence-corrected chi connectivity index (χ1v) is 9.02. The average Bonchev–Trinajstić information content (AvgIpc) is 2.80. The number of nitrogens with zero attached hydrogens (tertiary/aromatic N) is 1. The molecule has 23 heavy (non-hydrogen) atoms. The number of carbonyl (C=O) groups is 1. The highest BCUT2D eigenvalue weighted by Crippen LogP contribution is 2.30. The normalized spacial score (nSPS) is 19.1. The lowest BCUT2D eigenvalue weighted by molar-refractivity contribution is -0.122. The summed E-state index contributed by atoms with van der Waals surface area (Å²) < 4.78 is 0. The van der Waals surface area contributed by atoms with Gasteiger partial charge in [0.1, 0.15) is 0 Å². The molecule has 1 aromatic rings. The third-order valence-electron chi connectivity index (χ3n) is 5.46. The van der Waals surface area contributed by atoms with E-state index in [1.54, 1.807) is 0 Å². The van der Waals surface area contributed by atoms with E-state index in [9.17, 15) is 4.79 Å². The third kappa shape index (κ3) is 5.07. The van der Waals surface area contributed by atoms with Crippen LogP contribution in [0.3, 0.4) is 0 Å². The summed E-state index contributed by atoms with van der Waals surface area (Å²) in [5.41, 5.74) is 1.38. The van der Waals surface area contributed by atoms with Gasteiger partial charge < -0.3 is 10.2 Å². The predicted molar refractivity (Wildman–Crippen MR) is 96.6 cm³/mol. The van der Waals surface area contributed by atoms with Crippen molar-refractivity contribution in [3.8, 4) is 0 Å². The topological polar surface area (TPSA) is 32.3 Å². The maximum absolute atomic E-state index is 12.4. The molecular formula is C20H32N2O. The van der Waals surface area contributed by atoms with E-state index < -0.39 is 0 Å². The maximum Gasteiger partial charge on any atom is 0.220 e. The van der Waals surface area contributed by atoms with Crippen molar-refractivity contribution < 1.29 is 4.79 Å². The summed E-state index contributed by atoms with van der Waals surface area (Å²) >= 11 is 0. The zero-order chi connectivity index (χ0) is 16.7.